The minimum Gasteiger partial charge on any atom is -0.376 e. The molecule has 2 heterocycles. The smallest absolute Gasteiger partial charge is 0.257 e. The van der Waals surface area contributed by atoms with E-state index in [1.165, 1.54) is 29.3 Å². The Balaban J connectivity index is 1.67. The quantitative estimate of drug-likeness (QED) is 0.400. The van der Waals surface area contributed by atoms with E-state index in [9.17, 15) is 17.6 Å². The van der Waals surface area contributed by atoms with Crippen LogP contribution in [0.2, 0.25) is 0 Å². The van der Waals surface area contributed by atoms with E-state index < -0.39 is 21.6 Å². The Hall–Kier alpha value is -3.04. The van der Waals surface area contributed by atoms with Crippen LogP contribution in [0, 0.1) is 11.7 Å². The van der Waals surface area contributed by atoms with E-state index in [0.717, 1.165) is 12.8 Å². The summed E-state index contributed by atoms with van der Waals surface area (Å²) in [5.74, 6) is -1.09. The van der Waals surface area contributed by atoms with E-state index in [1.807, 2.05) is 19.9 Å². The molecule has 1 atom stereocenters. The molecule has 4 rings (SSSR count). The molecule has 1 fully saturated rings. The molecule has 0 spiro atoms. The van der Waals surface area contributed by atoms with Gasteiger partial charge in [-0.2, -0.15) is 0 Å². The molecule has 0 radical (unpaired) electrons. The molecular weight excluding hydrogens is 481 g/mol. The number of carbonyl (C=O) groups is 1. The molecule has 0 unspecified atom stereocenters. The molecule has 0 bridgehead atoms. The van der Waals surface area contributed by atoms with Crippen LogP contribution in [-0.2, 0) is 33.4 Å². The summed E-state index contributed by atoms with van der Waals surface area (Å²) >= 11 is 0. The maximum atomic E-state index is 14.5. The molecular formula is C27H32FN3O4S. The zero-order chi connectivity index (χ0) is 25.7. The average molecular weight is 514 g/mol. The van der Waals surface area contributed by atoms with Gasteiger partial charge < -0.3 is 14.2 Å². The standard InChI is InChI=1S/C27H32FN3O4S/c1-20(2)16-31-22(15-29-27(31)36(33,34)19-21-9-4-3-5-10-21)17-30(18-23-11-8-14-35-23)26(32)24-12-6-7-13-25(24)28/h3-7,9-10,12-13,15,20,23H,8,11,14,16-19H2,1-2H3/t23-/m0/s1. The Kier molecular flexibility index (Phi) is 8.21. The summed E-state index contributed by atoms with van der Waals surface area (Å²) < 4.78 is 48.6. The van der Waals surface area contributed by atoms with Gasteiger partial charge in [0.15, 0.2) is 0 Å². The van der Waals surface area contributed by atoms with Crippen molar-refractivity contribution in [3.05, 3.63) is 83.4 Å². The molecule has 1 aliphatic heterocycles. The minimum atomic E-state index is -3.74. The van der Waals surface area contributed by atoms with Crippen molar-refractivity contribution in [2.24, 2.45) is 5.92 Å². The van der Waals surface area contributed by atoms with E-state index in [1.54, 1.807) is 34.9 Å². The molecule has 1 aromatic heterocycles. The summed E-state index contributed by atoms with van der Waals surface area (Å²) in [7, 11) is -3.74. The van der Waals surface area contributed by atoms with Crippen LogP contribution in [0.1, 0.15) is 48.3 Å². The van der Waals surface area contributed by atoms with Crippen LogP contribution in [0.5, 0.6) is 0 Å². The third-order valence-corrected chi connectivity index (χ3v) is 7.71. The van der Waals surface area contributed by atoms with Gasteiger partial charge >= 0.3 is 0 Å². The lowest BCUT2D eigenvalue weighted by atomic mass is 10.1. The van der Waals surface area contributed by atoms with Crippen molar-refractivity contribution < 1.29 is 22.3 Å². The zero-order valence-electron chi connectivity index (χ0n) is 20.6. The number of imidazole rings is 1. The van der Waals surface area contributed by atoms with Gasteiger partial charge in [0.05, 0.1) is 35.9 Å². The second-order valence-electron chi connectivity index (χ2n) is 9.58. The molecule has 3 aromatic rings. The average Bonchev–Trinajstić information content (AvgIpc) is 3.49. The van der Waals surface area contributed by atoms with Crippen molar-refractivity contribution in [2.75, 3.05) is 13.2 Å². The molecule has 0 N–H and O–H groups in total. The number of hydrogen-bond acceptors (Lipinski definition) is 5. The van der Waals surface area contributed by atoms with Crippen molar-refractivity contribution >= 4 is 15.7 Å². The lowest BCUT2D eigenvalue weighted by molar-refractivity contribution is 0.0497. The van der Waals surface area contributed by atoms with Crippen molar-refractivity contribution in [2.45, 2.75) is 56.8 Å². The Labute approximate surface area is 211 Å². The summed E-state index contributed by atoms with van der Waals surface area (Å²) in [6, 6.07) is 14.9. The Morgan fingerprint density at radius 2 is 1.89 bits per heavy atom. The van der Waals surface area contributed by atoms with E-state index in [0.29, 0.717) is 24.4 Å². The van der Waals surface area contributed by atoms with E-state index in [4.69, 9.17) is 4.74 Å². The van der Waals surface area contributed by atoms with Gasteiger partial charge in [-0.1, -0.05) is 56.3 Å². The summed E-state index contributed by atoms with van der Waals surface area (Å²) in [5.41, 5.74) is 1.23. The Morgan fingerprint density at radius 1 is 1.17 bits per heavy atom. The number of carbonyl (C=O) groups excluding carboxylic acids is 1. The normalized spacial score (nSPS) is 15.9. The lowest BCUT2D eigenvalue weighted by Crippen LogP contribution is -2.38. The molecule has 1 aliphatic rings. The third-order valence-electron chi connectivity index (χ3n) is 6.12. The zero-order valence-corrected chi connectivity index (χ0v) is 21.5. The fourth-order valence-electron chi connectivity index (χ4n) is 4.44. The molecule has 2 aromatic carbocycles. The van der Waals surface area contributed by atoms with Gasteiger partial charge in [0.1, 0.15) is 5.82 Å². The predicted octanol–water partition coefficient (Wildman–Crippen LogP) is 4.47. The Bertz CT molecular complexity index is 1290. The Morgan fingerprint density at radius 3 is 2.56 bits per heavy atom. The van der Waals surface area contributed by atoms with Crippen LogP contribution in [0.3, 0.4) is 0 Å². The second kappa shape index (κ2) is 11.3. The fourth-order valence-corrected chi connectivity index (χ4v) is 5.94. The maximum Gasteiger partial charge on any atom is 0.257 e. The molecule has 1 amide bonds. The fraction of sp³-hybridized carbons (Fsp3) is 0.407. The van der Waals surface area contributed by atoms with Crippen molar-refractivity contribution in [3.63, 3.8) is 0 Å². The highest BCUT2D eigenvalue weighted by atomic mass is 32.2. The van der Waals surface area contributed by atoms with Crippen molar-refractivity contribution in [3.8, 4) is 0 Å². The molecule has 0 aliphatic carbocycles. The third kappa shape index (κ3) is 6.20. The summed E-state index contributed by atoms with van der Waals surface area (Å²) in [4.78, 5) is 19.3. The van der Waals surface area contributed by atoms with Crippen LogP contribution < -0.4 is 0 Å². The number of aromatic nitrogens is 2. The van der Waals surface area contributed by atoms with Crippen molar-refractivity contribution in [1.82, 2.24) is 14.5 Å². The van der Waals surface area contributed by atoms with Gasteiger partial charge in [0.25, 0.3) is 5.91 Å². The first-order chi connectivity index (χ1) is 17.2. The summed E-state index contributed by atoms with van der Waals surface area (Å²) in [5, 5.41) is -0.0227. The van der Waals surface area contributed by atoms with Crippen LogP contribution >= 0.6 is 0 Å². The number of ether oxygens (including phenoxy) is 1. The maximum absolute atomic E-state index is 14.5. The summed E-state index contributed by atoms with van der Waals surface area (Å²) in [6.45, 7) is 5.40. The van der Waals surface area contributed by atoms with Gasteiger partial charge in [-0.15, -0.1) is 0 Å². The number of benzene rings is 2. The van der Waals surface area contributed by atoms with Gasteiger partial charge in [0.2, 0.25) is 15.0 Å². The second-order valence-corrected chi connectivity index (χ2v) is 11.5. The molecule has 1 saturated heterocycles. The first-order valence-electron chi connectivity index (χ1n) is 12.2. The highest BCUT2D eigenvalue weighted by Crippen LogP contribution is 2.23. The van der Waals surface area contributed by atoms with E-state index >= 15 is 0 Å². The number of halogens is 1. The van der Waals surface area contributed by atoms with E-state index in [-0.39, 0.29) is 41.6 Å². The number of hydrogen-bond donors (Lipinski definition) is 0. The van der Waals surface area contributed by atoms with Gasteiger partial charge in [0, 0.05) is 19.7 Å². The monoisotopic (exact) mass is 513 g/mol. The highest BCUT2D eigenvalue weighted by Gasteiger charge is 2.29. The largest absolute Gasteiger partial charge is 0.376 e. The van der Waals surface area contributed by atoms with E-state index in [2.05, 4.69) is 4.98 Å². The number of nitrogens with zero attached hydrogens (tertiary/aromatic N) is 3. The molecule has 36 heavy (non-hydrogen) atoms. The number of sulfone groups is 1. The number of rotatable bonds is 10. The van der Waals surface area contributed by atoms with Gasteiger partial charge in [-0.25, -0.2) is 17.8 Å². The van der Waals surface area contributed by atoms with Gasteiger partial charge in [-0.3, -0.25) is 4.79 Å². The number of amides is 1. The minimum absolute atomic E-state index is 0.0227. The molecule has 7 nitrogen and oxygen atoms in total. The summed E-state index contributed by atoms with van der Waals surface area (Å²) in [6.07, 6.45) is 3.07. The first kappa shape index (κ1) is 26.0. The predicted molar refractivity (Wildman–Crippen MR) is 135 cm³/mol. The van der Waals surface area contributed by atoms with Crippen LogP contribution in [0.4, 0.5) is 4.39 Å². The molecule has 9 heteroatoms. The topological polar surface area (TPSA) is 81.5 Å². The van der Waals surface area contributed by atoms with Gasteiger partial charge in [-0.05, 0) is 36.5 Å². The highest BCUT2D eigenvalue weighted by molar-refractivity contribution is 7.90. The lowest BCUT2D eigenvalue weighted by Gasteiger charge is -2.26. The van der Waals surface area contributed by atoms with Crippen LogP contribution in [-0.4, -0.2) is 48.0 Å². The van der Waals surface area contributed by atoms with Crippen molar-refractivity contribution in [1.29, 1.82) is 0 Å². The first-order valence-corrected chi connectivity index (χ1v) is 13.9. The SMILES string of the molecule is CC(C)Cn1c(CN(C[C@@H]2CCCO2)C(=O)c2ccccc2F)cnc1S(=O)(=O)Cc1ccccc1. The molecule has 192 valence electrons. The van der Waals surface area contributed by atoms with Crippen LogP contribution in [0.15, 0.2) is 66.0 Å². The molecule has 0 saturated carbocycles. The van der Waals surface area contributed by atoms with Crippen LogP contribution in [0.25, 0.3) is 0 Å².